The fraction of sp³-hybridized carbons (Fsp3) is 0.562. The minimum Gasteiger partial charge on any atom is -0.396 e. The third-order valence-corrected chi connectivity index (χ3v) is 4.21. The van der Waals surface area contributed by atoms with Gasteiger partial charge in [0, 0.05) is 19.1 Å². The standard InChI is InChI=1S/C16H24N2O2/c17-16(9-4-5-10-16)15(20)18-12-14(8-11-19)13-6-2-1-3-7-13/h1-3,6-7,14,19H,4-5,8-12,17H2,(H,18,20). The van der Waals surface area contributed by atoms with Gasteiger partial charge in [0.15, 0.2) is 0 Å². The number of amides is 1. The van der Waals surface area contributed by atoms with Crippen LogP contribution in [0.5, 0.6) is 0 Å². The number of hydrogen-bond acceptors (Lipinski definition) is 3. The normalized spacial score (nSPS) is 18.7. The van der Waals surface area contributed by atoms with Crippen LogP contribution < -0.4 is 11.1 Å². The number of nitrogens with one attached hydrogen (secondary N) is 1. The fourth-order valence-corrected chi connectivity index (χ4v) is 2.89. The third kappa shape index (κ3) is 3.58. The molecule has 1 aliphatic rings. The van der Waals surface area contributed by atoms with Gasteiger partial charge in [0.25, 0.3) is 0 Å². The first kappa shape index (κ1) is 15.0. The number of rotatable bonds is 6. The third-order valence-electron chi connectivity index (χ3n) is 4.21. The average Bonchev–Trinajstić information content (AvgIpc) is 2.92. The van der Waals surface area contributed by atoms with Crippen LogP contribution in [0.25, 0.3) is 0 Å². The van der Waals surface area contributed by atoms with E-state index in [-0.39, 0.29) is 18.4 Å². The van der Waals surface area contributed by atoms with Crippen molar-refractivity contribution in [2.45, 2.75) is 43.6 Å². The molecule has 0 aliphatic heterocycles. The number of hydrogen-bond donors (Lipinski definition) is 3. The molecule has 1 unspecified atom stereocenters. The van der Waals surface area contributed by atoms with E-state index in [1.54, 1.807) is 0 Å². The molecule has 1 aliphatic carbocycles. The van der Waals surface area contributed by atoms with Gasteiger partial charge in [-0.1, -0.05) is 43.2 Å². The van der Waals surface area contributed by atoms with Crippen molar-refractivity contribution in [3.63, 3.8) is 0 Å². The maximum Gasteiger partial charge on any atom is 0.240 e. The Hall–Kier alpha value is -1.39. The van der Waals surface area contributed by atoms with Crippen molar-refractivity contribution in [3.8, 4) is 0 Å². The van der Waals surface area contributed by atoms with Crippen molar-refractivity contribution in [3.05, 3.63) is 35.9 Å². The van der Waals surface area contributed by atoms with Crippen LogP contribution in [0, 0.1) is 0 Å². The highest BCUT2D eigenvalue weighted by Crippen LogP contribution is 2.27. The Labute approximate surface area is 120 Å². The van der Waals surface area contributed by atoms with Gasteiger partial charge in [-0.2, -0.15) is 0 Å². The summed E-state index contributed by atoms with van der Waals surface area (Å²) in [6.07, 6.45) is 4.25. The molecule has 1 fully saturated rings. The smallest absolute Gasteiger partial charge is 0.240 e. The topological polar surface area (TPSA) is 75.4 Å². The molecule has 4 nitrogen and oxygen atoms in total. The number of carbonyl (C=O) groups is 1. The first-order valence-electron chi connectivity index (χ1n) is 7.39. The summed E-state index contributed by atoms with van der Waals surface area (Å²) in [4.78, 5) is 12.2. The lowest BCUT2D eigenvalue weighted by Gasteiger charge is -2.24. The van der Waals surface area contributed by atoms with Gasteiger partial charge in [0.05, 0.1) is 5.54 Å². The molecule has 0 heterocycles. The average molecular weight is 276 g/mol. The van der Waals surface area contributed by atoms with E-state index in [1.165, 1.54) is 0 Å². The molecule has 1 amide bonds. The SMILES string of the molecule is NC1(C(=O)NCC(CCO)c2ccccc2)CCCC1. The molecule has 0 aromatic heterocycles. The zero-order valence-electron chi connectivity index (χ0n) is 11.8. The van der Waals surface area contributed by atoms with Crippen LogP contribution in [0.15, 0.2) is 30.3 Å². The zero-order chi connectivity index (χ0) is 14.4. The molecule has 1 atom stereocenters. The Morgan fingerprint density at radius 3 is 2.55 bits per heavy atom. The Kier molecular flexibility index (Phi) is 5.15. The lowest BCUT2D eigenvalue weighted by Crippen LogP contribution is -2.52. The molecule has 2 rings (SSSR count). The summed E-state index contributed by atoms with van der Waals surface area (Å²) in [7, 11) is 0. The Balaban J connectivity index is 1.94. The van der Waals surface area contributed by atoms with E-state index in [4.69, 9.17) is 5.73 Å². The van der Waals surface area contributed by atoms with Gasteiger partial charge in [-0.15, -0.1) is 0 Å². The molecular formula is C16H24N2O2. The van der Waals surface area contributed by atoms with E-state index in [0.717, 1.165) is 31.2 Å². The molecule has 1 aromatic rings. The van der Waals surface area contributed by atoms with Gasteiger partial charge >= 0.3 is 0 Å². The van der Waals surface area contributed by atoms with Gasteiger partial charge in [0.1, 0.15) is 0 Å². The molecule has 0 saturated heterocycles. The second-order valence-corrected chi connectivity index (χ2v) is 5.69. The van der Waals surface area contributed by atoms with Crippen molar-refractivity contribution in [1.82, 2.24) is 5.32 Å². The summed E-state index contributed by atoms with van der Waals surface area (Å²) in [5.74, 6) is 0.0871. The summed E-state index contributed by atoms with van der Waals surface area (Å²) in [5.41, 5.74) is 6.60. The van der Waals surface area contributed by atoms with E-state index >= 15 is 0 Å². The lowest BCUT2D eigenvalue weighted by atomic mass is 9.94. The van der Waals surface area contributed by atoms with Crippen molar-refractivity contribution in [2.75, 3.05) is 13.2 Å². The molecule has 4 N–H and O–H groups in total. The summed E-state index contributed by atoms with van der Waals surface area (Å²) < 4.78 is 0. The minimum absolute atomic E-state index is 0.0473. The quantitative estimate of drug-likeness (QED) is 0.737. The van der Waals surface area contributed by atoms with Crippen LogP contribution in [0.2, 0.25) is 0 Å². The number of carbonyl (C=O) groups excluding carboxylic acids is 1. The second kappa shape index (κ2) is 6.86. The van der Waals surface area contributed by atoms with Gasteiger partial charge in [-0.25, -0.2) is 0 Å². The Bertz CT molecular complexity index is 427. The number of nitrogens with two attached hydrogens (primary N) is 1. The Morgan fingerprint density at radius 1 is 1.30 bits per heavy atom. The van der Waals surface area contributed by atoms with Crippen LogP contribution in [0.4, 0.5) is 0 Å². The lowest BCUT2D eigenvalue weighted by molar-refractivity contribution is -0.126. The van der Waals surface area contributed by atoms with Crippen molar-refractivity contribution in [1.29, 1.82) is 0 Å². The molecule has 1 aromatic carbocycles. The van der Waals surface area contributed by atoms with Crippen LogP contribution in [0.1, 0.15) is 43.6 Å². The van der Waals surface area contributed by atoms with Crippen LogP contribution in [-0.2, 0) is 4.79 Å². The predicted octanol–water partition coefficient (Wildman–Crippen LogP) is 1.54. The summed E-state index contributed by atoms with van der Waals surface area (Å²) >= 11 is 0. The molecule has 20 heavy (non-hydrogen) atoms. The molecule has 0 spiro atoms. The van der Waals surface area contributed by atoms with E-state index in [0.29, 0.717) is 13.0 Å². The molecule has 0 bridgehead atoms. The van der Waals surface area contributed by atoms with Gasteiger partial charge < -0.3 is 16.2 Å². The largest absolute Gasteiger partial charge is 0.396 e. The number of aliphatic hydroxyl groups excluding tert-OH is 1. The van der Waals surface area contributed by atoms with Crippen molar-refractivity contribution >= 4 is 5.91 Å². The zero-order valence-corrected chi connectivity index (χ0v) is 11.8. The predicted molar refractivity (Wildman–Crippen MR) is 79.3 cm³/mol. The fourth-order valence-electron chi connectivity index (χ4n) is 2.89. The van der Waals surface area contributed by atoms with Crippen LogP contribution in [-0.4, -0.2) is 29.7 Å². The van der Waals surface area contributed by atoms with E-state index in [2.05, 4.69) is 5.32 Å². The van der Waals surface area contributed by atoms with Crippen molar-refractivity contribution in [2.24, 2.45) is 5.73 Å². The highest BCUT2D eigenvalue weighted by molar-refractivity contribution is 5.86. The number of aliphatic hydroxyl groups is 1. The van der Waals surface area contributed by atoms with E-state index < -0.39 is 5.54 Å². The Morgan fingerprint density at radius 2 is 1.95 bits per heavy atom. The van der Waals surface area contributed by atoms with Gasteiger partial charge in [-0.3, -0.25) is 4.79 Å². The maximum absolute atomic E-state index is 12.2. The first-order valence-corrected chi connectivity index (χ1v) is 7.39. The minimum atomic E-state index is -0.680. The van der Waals surface area contributed by atoms with Crippen LogP contribution in [0.3, 0.4) is 0 Å². The van der Waals surface area contributed by atoms with E-state index in [9.17, 15) is 9.90 Å². The van der Waals surface area contributed by atoms with E-state index in [1.807, 2.05) is 30.3 Å². The van der Waals surface area contributed by atoms with Gasteiger partial charge in [-0.05, 0) is 24.8 Å². The monoisotopic (exact) mass is 276 g/mol. The van der Waals surface area contributed by atoms with Crippen molar-refractivity contribution < 1.29 is 9.90 Å². The van der Waals surface area contributed by atoms with Crippen LogP contribution >= 0.6 is 0 Å². The highest BCUT2D eigenvalue weighted by Gasteiger charge is 2.36. The summed E-state index contributed by atoms with van der Waals surface area (Å²) in [5, 5.41) is 12.2. The summed E-state index contributed by atoms with van der Waals surface area (Å²) in [6.45, 7) is 0.644. The molecular weight excluding hydrogens is 252 g/mol. The number of benzene rings is 1. The molecule has 110 valence electrons. The van der Waals surface area contributed by atoms with Gasteiger partial charge in [0.2, 0.25) is 5.91 Å². The highest BCUT2D eigenvalue weighted by atomic mass is 16.3. The molecule has 1 saturated carbocycles. The first-order chi connectivity index (χ1) is 9.65. The second-order valence-electron chi connectivity index (χ2n) is 5.69. The molecule has 4 heteroatoms. The summed E-state index contributed by atoms with van der Waals surface area (Å²) in [6, 6.07) is 9.97. The maximum atomic E-state index is 12.2. The molecule has 0 radical (unpaired) electrons.